The van der Waals surface area contributed by atoms with Crippen molar-refractivity contribution < 1.29 is 14.6 Å². The van der Waals surface area contributed by atoms with Crippen molar-refractivity contribution in [2.24, 2.45) is 0 Å². The number of aromatic hydroxyl groups is 1. The molecule has 3 nitrogen and oxygen atoms in total. The van der Waals surface area contributed by atoms with Crippen LogP contribution in [0, 0.1) is 0 Å². The molecule has 0 radical (unpaired) electrons. The van der Waals surface area contributed by atoms with Crippen molar-refractivity contribution in [3.05, 3.63) is 54.1 Å². The van der Waals surface area contributed by atoms with Crippen molar-refractivity contribution >= 4 is 27.5 Å². The molecule has 106 valence electrons. The van der Waals surface area contributed by atoms with Gasteiger partial charge in [0.2, 0.25) is 0 Å². The van der Waals surface area contributed by atoms with Crippen molar-refractivity contribution in [1.82, 2.24) is 0 Å². The SMILES string of the molecule is CCCOC(=O)c1ccc2cc3ccccc3cc2c1O. The predicted octanol–water partition coefficient (Wildman–Crippen LogP) is 4.27. The number of fused-ring (bicyclic) bond motifs is 2. The third-order valence-corrected chi connectivity index (χ3v) is 3.51. The van der Waals surface area contributed by atoms with Crippen LogP contribution in [-0.2, 0) is 4.74 Å². The summed E-state index contributed by atoms with van der Waals surface area (Å²) in [6.07, 6.45) is 0.755. The monoisotopic (exact) mass is 280 g/mol. The van der Waals surface area contributed by atoms with Crippen LogP contribution in [0.4, 0.5) is 0 Å². The molecule has 0 saturated heterocycles. The number of carbonyl (C=O) groups is 1. The van der Waals surface area contributed by atoms with Gasteiger partial charge in [-0.05, 0) is 40.8 Å². The molecule has 0 aliphatic carbocycles. The molecule has 0 aliphatic rings. The largest absolute Gasteiger partial charge is 0.506 e. The Morgan fingerprint density at radius 2 is 1.76 bits per heavy atom. The quantitative estimate of drug-likeness (QED) is 0.576. The summed E-state index contributed by atoms with van der Waals surface area (Å²) in [7, 11) is 0. The van der Waals surface area contributed by atoms with Crippen molar-refractivity contribution in [3.63, 3.8) is 0 Å². The number of hydrogen-bond donors (Lipinski definition) is 1. The molecule has 3 rings (SSSR count). The molecule has 0 heterocycles. The minimum Gasteiger partial charge on any atom is -0.506 e. The molecule has 3 aromatic rings. The lowest BCUT2D eigenvalue weighted by molar-refractivity contribution is 0.0502. The summed E-state index contributed by atoms with van der Waals surface area (Å²) < 4.78 is 5.10. The van der Waals surface area contributed by atoms with Gasteiger partial charge in [-0.3, -0.25) is 0 Å². The summed E-state index contributed by atoms with van der Waals surface area (Å²) in [6, 6.07) is 15.3. The van der Waals surface area contributed by atoms with Gasteiger partial charge in [-0.25, -0.2) is 4.79 Å². The van der Waals surface area contributed by atoms with E-state index < -0.39 is 5.97 Å². The third-order valence-electron chi connectivity index (χ3n) is 3.51. The molecule has 0 spiro atoms. The first-order chi connectivity index (χ1) is 10.2. The lowest BCUT2D eigenvalue weighted by Gasteiger charge is -2.09. The molecule has 0 bridgehead atoms. The fourth-order valence-electron chi connectivity index (χ4n) is 2.44. The Hall–Kier alpha value is -2.55. The van der Waals surface area contributed by atoms with Gasteiger partial charge in [0.1, 0.15) is 11.3 Å². The fraction of sp³-hybridized carbons (Fsp3) is 0.167. The molecule has 0 saturated carbocycles. The molecular formula is C18H16O3. The maximum absolute atomic E-state index is 11.9. The van der Waals surface area contributed by atoms with Gasteiger partial charge in [-0.15, -0.1) is 0 Å². The van der Waals surface area contributed by atoms with Crippen LogP contribution in [0.3, 0.4) is 0 Å². The summed E-state index contributed by atoms with van der Waals surface area (Å²) >= 11 is 0. The van der Waals surface area contributed by atoms with Crippen LogP contribution >= 0.6 is 0 Å². The van der Waals surface area contributed by atoms with E-state index in [4.69, 9.17) is 4.74 Å². The van der Waals surface area contributed by atoms with Crippen LogP contribution in [0.15, 0.2) is 48.5 Å². The average molecular weight is 280 g/mol. The van der Waals surface area contributed by atoms with Gasteiger partial charge in [0.15, 0.2) is 0 Å². The van der Waals surface area contributed by atoms with E-state index in [1.165, 1.54) is 0 Å². The van der Waals surface area contributed by atoms with Crippen LogP contribution in [-0.4, -0.2) is 17.7 Å². The molecule has 0 aliphatic heterocycles. The second-order valence-electron chi connectivity index (χ2n) is 5.02. The van der Waals surface area contributed by atoms with E-state index in [1.807, 2.05) is 49.4 Å². The van der Waals surface area contributed by atoms with Gasteiger partial charge in [0.25, 0.3) is 0 Å². The Kier molecular flexibility index (Phi) is 3.48. The van der Waals surface area contributed by atoms with Crippen molar-refractivity contribution in [3.8, 4) is 5.75 Å². The molecule has 1 N–H and O–H groups in total. The second kappa shape index (κ2) is 5.44. The molecule has 0 amide bonds. The maximum atomic E-state index is 11.9. The zero-order valence-corrected chi connectivity index (χ0v) is 11.8. The zero-order valence-electron chi connectivity index (χ0n) is 11.8. The molecule has 0 aromatic heterocycles. The highest BCUT2D eigenvalue weighted by Crippen LogP contribution is 2.32. The van der Waals surface area contributed by atoms with Gasteiger partial charge in [-0.2, -0.15) is 0 Å². The number of carbonyl (C=O) groups excluding carboxylic acids is 1. The number of rotatable bonds is 3. The van der Waals surface area contributed by atoms with E-state index in [-0.39, 0.29) is 11.3 Å². The summed E-state index contributed by atoms with van der Waals surface area (Å²) in [4.78, 5) is 11.9. The van der Waals surface area contributed by atoms with E-state index in [9.17, 15) is 9.90 Å². The van der Waals surface area contributed by atoms with Gasteiger partial charge >= 0.3 is 5.97 Å². The van der Waals surface area contributed by atoms with Gasteiger partial charge in [0, 0.05) is 5.39 Å². The lowest BCUT2D eigenvalue weighted by atomic mass is 10.0. The molecule has 0 fully saturated rings. The first kappa shape index (κ1) is 13.4. The third kappa shape index (κ3) is 2.42. The van der Waals surface area contributed by atoms with Gasteiger partial charge in [0.05, 0.1) is 6.61 Å². The van der Waals surface area contributed by atoms with E-state index in [2.05, 4.69) is 0 Å². The normalized spacial score (nSPS) is 10.9. The first-order valence-electron chi connectivity index (χ1n) is 7.02. The first-order valence-corrected chi connectivity index (χ1v) is 7.02. The summed E-state index contributed by atoms with van der Waals surface area (Å²) in [5.41, 5.74) is 0.214. The van der Waals surface area contributed by atoms with Crippen LogP contribution in [0.1, 0.15) is 23.7 Å². The Morgan fingerprint density at radius 1 is 1.05 bits per heavy atom. The van der Waals surface area contributed by atoms with Crippen LogP contribution in [0.25, 0.3) is 21.5 Å². The van der Waals surface area contributed by atoms with Gasteiger partial charge in [-0.1, -0.05) is 37.3 Å². The highest BCUT2D eigenvalue weighted by atomic mass is 16.5. The summed E-state index contributed by atoms with van der Waals surface area (Å²) in [5, 5.41) is 14.1. The smallest absolute Gasteiger partial charge is 0.341 e. The van der Waals surface area contributed by atoms with Crippen molar-refractivity contribution in [1.29, 1.82) is 0 Å². The Morgan fingerprint density at radius 3 is 2.48 bits per heavy atom. The maximum Gasteiger partial charge on any atom is 0.341 e. The molecular weight excluding hydrogens is 264 g/mol. The number of phenols is 1. The lowest BCUT2D eigenvalue weighted by Crippen LogP contribution is -2.06. The summed E-state index contributed by atoms with van der Waals surface area (Å²) in [5.74, 6) is -0.497. The van der Waals surface area contributed by atoms with Crippen molar-refractivity contribution in [2.75, 3.05) is 6.61 Å². The molecule has 21 heavy (non-hydrogen) atoms. The minimum atomic E-state index is -0.482. The molecule has 3 heteroatoms. The van der Waals surface area contributed by atoms with E-state index in [1.54, 1.807) is 6.07 Å². The van der Waals surface area contributed by atoms with E-state index >= 15 is 0 Å². The minimum absolute atomic E-state index is 0.0145. The topological polar surface area (TPSA) is 46.5 Å². The van der Waals surface area contributed by atoms with E-state index in [0.717, 1.165) is 22.6 Å². The standard InChI is InChI=1S/C18H16O3/c1-2-9-21-18(20)15-8-7-14-10-12-5-3-4-6-13(12)11-16(14)17(15)19/h3-8,10-11,19H,2,9H2,1H3. The number of ether oxygens (including phenoxy) is 1. The number of hydrogen-bond acceptors (Lipinski definition) is 3. The number of esters is 1. The van der Waals surface area contributed by atoms with Crippen molar-refractivity contribution in [2.45, 2.75) is 13.3 Å². The Labute approximate surface area is 122 Å². The Balaban J connectivity index is 2.15. The fourth-order valence-corrected chi connectivity index (χ4v) is 2.44. The predicted molar refractivity (Wildman–Crippen MR) is 83.7 cm³/mol. The highest BCUT2D eigenvalue weighted by Gasteiger charge is 2.15. The van der Waals surface area contributed by atoms with Crippen LogP contribution < -0.4 is 0 Å². The molecule has 3 aromatic carbocycles. The second-order valence-corrected chi connectivity index (χ2v) is 5.02. The highest BCUT2D eigenvalue weighted by molar-refractivity contribution is 6.06. The van der Waals surface area contributed by atoms with Crippen LogP contribution in [0.2, 0.25) is 0 Å². The molecule has 0 atom stereocenters. The van der Waals surface area contributed by atoms with E-state index in [0.29, 0.717) is 12.0 Å². The summed E-state index contributed by atoms with van der Waals surface area (Å²) in [6.45, 7) is 2.29. The van der Waals surface area contributed by atoms with Gasteiger partial charge < -0.3 is 9.84 Å². The number of benzene rings is 3. The Bertz CT molecular complexity index is 821. The average Bonchev–Trinajstić information content (AvgIpc) is 2.51. The van der Waals surface area contributed by atoms with Crippen LogP contribution in [0.5, 0.6) is 5.75 Å². The zero-order chi connectivity index (χ0) is 14.8. The number of phenolic OH excluding ortho intramolecular Hbond substituents is 1. The molecule has 0 unspecified atom stereocenters.